The fourth-order valence-corrected chi connectivity index (χ4v) is 2.23. The molecule has 0 spiro atoms. The van der Waals surface area contributed by atoms with Gasteiger partial charge in [0.05, 0.1) is 0 Å². The van der Waals surface area contributed by atoms with E-state index in [1.165, 1.54) is 0 Å². The zero-order valence-corrected chi connectivity index (χ0v) is 10.4. The first-order valence-corrected chi connectivity index (χ1v) is 5.73. The average molecular weight is 313 g/mol. The summed E-state index contributed by atoms with van der Waals surface area (Å²) >= 11 is 6.95. The largest absolute Gasteiger partial charge is 0.249 e. The number of aromatic nitrogens is 1. The molecule has 0 bridgehead atoms. The fraction of sp³-hybridized carbons (Fsp3) is 0. The van der Waals surface area contributed by atoms with E-state index in [0.29, 0.717) is 0 Å². The summed E-state index contributed by atoms with van der Waals surface area (Å²) in [6.07, 6.45) is 1.77. The summed E-state index contributed by atoms with van der Waals surface area (Å²) < 4.78 is 1.95. The lowest BCUT2D eigenvalue weighted by molar-refractivity contribution is 1.28. The van der Waals surface area contributed by atoms with Crippen LogP contribution in [0.25, 0.3) is 11.1 Å². The molecule has 1 aromatic carbocycles. The second kappa shape index (κ2) is 4.24. The Kier molecular flexibility index (Phi) is 2.99. The Hall–Kier alpha value is -0.670. The standard InChI is InChI=1S/C11H7Br2N/c12-10-6-2-1-4-8(10)9-5-3-7-14-11(9)13/h1-7H. The number of halogens is 2. The molecule has 70 valence electrons. The zero-order chi connectivity index (χ0) is 9.97. The molecule has 0 amide bonds. The van der Waals surface area contributed by atoms with Crippen molar-refractivity contribution in [2.45, 2.75) is 0 Å². The van der Waals surface area contributed by atoms with Crippen LogP contribution in [0.5, 0.6) is 0 Å². The Bertz CT molecular complexity index is 411. The molecule has 1 heterocycles. The van der Waals surface area contributed by atoms with Crippen molar-refractivity contribution in [1.29, 1.82) is 0 Å². The minimum Gasteiger partial charge on any atom is -0.249 e. The summed E-state index contributed by atoms with van der Waals surface area (Å²) in [5.41, 5.74) is 2.24. The highest BCUT2D eigenvalue weighted by Gasteiger charge is 2.05. The fourth-order valence-electron chi connectivity index (χ4n) is 1.27. The van der Waals surface area contributed by atoms with Crippen LogP contribution in [-0.4, -0.2) is 4.98 Å². The molecule has 0 fully saturated rings. The van der Waals surface area contributed by atoms with E-state index in [2.05, 4.69) is 42.9 Å². The third kappa shape index (κ3) is 1.88. The van der Waals surface area contributed by atoms with Crippen LogP contribution in [-0.2, 0) is 0 Å². The van der Waals surface area contributed by atoms with Gasteiger partial charge in [0, 0.05) is 16.2 Å². The molecule has 14 heavy (non-hydrogen) atoms. The van der Waals surface area contributed by atoms with Gasteiger partial charge in [0.25, 0.3) is 0 Å². The molecule has 1 aromatic heterocycles. The number of benzene rings is 1. The first-order chi connectivity index (χ1) is 6.79. The van der Waals surface area contributed by atoms with Crippen molar-refractivity contribution in [3.8, 4) is 11.1 Å². The van der Waals surface area contributed by atoms with E-state index in [1.54, 1.807) is 6.20 Å². The third-order valence-corrected chi connectivity index (χ3v) is 3.25. The van der Waals surface area contributed by atoms with Gasteiger partial charge < -0.3 is 0 Å². The lowest BCUT2D eigenvalue weighted by atomic mass is 10.1. The molecule has 0 radical (unpaired) electrons. The molecule has 1 nitrogen and oxygen atoms in total. The van der Waals surface area contributed by atoms with Crippen molar-refractivity contribution in [1.82, 2.24) is 4.98 Å². The second-order valence-corrected chi connectivity index (χ2v) is 4.43. The number of hydrogen-bond donors (Lipinski definition) is 0. The molecule has 0 saturated carbocycles. The minimum absolute atomic E-state index is 0.868. The molecule has 3 heteroatoms. The van der Waals surface area contributed by atoms with Gasteiger partial charge >= 0.3 is 0 Å². The molecule has 0 aliphatic carbocycles. The van der Waals surface area contributed by atoms with E-state index in [1.807, 2.05) is 30.3 Å². The van der Waals surface area contributed by atoms with E-state index in [-0.39, 0.29) is 0 Å². The van der Waals surface area contributed by atoms with Crippen molar-refractivity contribution < 1.29 is 0 Å². The van der Waals surface area contributed by atoms with Gasteiger partial charge in [0.2, 0.25) is 0 Å². The predicted octanol–water partition coefficient (Wildman–Crippen LogP) is 4.27. The van der Waals surface area contributed by atoms with Crippen molar-refractivity contribution in [3.05, 3.63) is 51.7 Å². The molecule has 2 rings (SSSR count). The van der Waals surface area contributed by atoms with Crippen molar-refractivity contribution in [3.63, 3.8) is 0 Å². The van der Waals surface area contributed by atoms with Gasteiger partial charge in [-0.2, -0.15) is 0 Å². The van der Waals surface area contributed by atoms with E-state index >= 15 is 0 Å². The first-order valence-electron chi connectivity index (χ1n) is 4.14. The zero-order valence-electron chi connectivity index (χ0n) is 7.24. The lowest BCUT2D eigenvalue weighted by Crippen LogP contribution is -1.83. The second-order valence-electron chi connectivity index (χ2n) is 2.82. The van der Waals surface area contributed by atoms with Gasteiger partial charge in [-0.1, -0.05) is 40.2 Å². The minimum atomic E-state index is 0.868. The Morgan fingerprint density at radius 1 is 0.857 bits per heavy atom. The topological polar surface area (TPSA) is 12.9 Å². The predicted molar refractivity (Wildman–Crippen MR) is 65.1 cm³/mol. The summed E-state index contributed by atoms with van der Waals surface area (Å²) in [6, 6.07) is 12.1. The normalized spacial score (nSPS) is 10.1. The Balaban J connectivity index is 2.61. The molecular formula is C11H7Br2N. The van der Waals surface area contributed by atoms with E-state index in [0.717, 1.165) is 20.2 Å². The molecule has 0 atom stereocenters. The SMILES string of the molecule is Brc1ccccc1-c1cccnc1Br. The lowest BCUT2D eigenvalue weighted by Gasteiger charge is -2.05. The molecule has 0 aliphatic rings. The molecule has 0 unspecified atom stereocenters. The smallest absolute Gasteiger partial charge is 0.113 e. The summed E-state index contributed by atoms with van der Waals surface area (Å²) in [6.45, 7) is 0. The monoisotopic (exact) mass is 311 g/mol. The summed E-state index contributed by atoms with van der Waals surface area (Å²) in [5, 5.41) is 0. The molecule has 0 N–H and O–H groups in total. The van der Waals surface area contributed by atoms with Crippen LogP contribution in [0.3, 0.4) is 0 Å². The average Bonchev–Trinajstić information content (AvgIpc) is 2.20. The van der Waals surface area contributed by atoms with Crippen LogP contribution in [0.4, 0.5) is 0 Å². The van der Waals surface area contributed by atoms with E-state index < -0.39 is 0 Å². The van der Waals surface area contributed by atoms with Gasteiger partial charge in [-0.15, -0.1) is 0 Å². The Labute approximate surface area is 99.4 Å². The van der Waals surface area contributed by atoms with E-state index in [4.69, 9.17) is 0 Å². The van der Waals surface area contributed by atoms with Gasteiger partial charge in [-0.05, 0) is 33.6 Å². The number of pyridine rings is 1. The van der Waals surface area contributed by atoms with Gasteiger partial charge in [-0.3, -0.25) is 0 Å². The Morgan fingerprint density at radius 3 is 2.29 bits per heavy atom. The maximum atomic E-state index is 4.19. The van der Waals surface area contributed by atoms with Crippen molar-refractivity contribution in [2.75, 3.05) is 0 Å². The van der Waals surface area contributed by atoms with Gasteiger partial charge in [0.15, 0.2) is 0 Å². The van der Waals surface area contributed by atoms with Crippen LogP contribution >= 0.6 is 31.9 Å². The van der Waals surface area contributed by atoms with Crippen LogP contribution in [0.2, 0.25) is 0 Å². The quantitative estimate of drug-likeness (QED) is 0.716. The summed E-state index contributed by atoms with van der Waals surface area (Å²) in [4.78, 5) is 4.19. The number of nitrogens with zero attached hydrogens (tertiary/aromatic N) is 1. The van der Waals surface area contributed by atoms with Crippen LogP contribution in [0, 0.1) is 0 Å². The molecule has 0 saturated heterocycles. The highest BCUT2D eigenvalue weighted by Crippen LogP contribution is 2.31. The van der Waals surface area contributed by atoms with Crippen LogP contribution < -0.4 is 0 Å². The van der Waals surface area contributed by atoms with Crippen molar-refractivity contribution >= 4 is 31.9 Å². The van der Waals surface area contributed by atoms with E-state index in [9.17, 15) is 0 Å². The first kappa shape index (κ1) is 9.87. The summed E-state index contributed by atoms with van der Waals surface area (Å²) in [7, 11) is 0. The van der Waals surface area contributed by atoms with Crippen LogP contribution in [0.15, 0.2) is 51.7 Å². The molecule has 0 aliphatic heterocycles. The van der Waals surface area contributed by atoms with Crippen molar-refractivity contribution in [2.24, 2.45) is 0 Å². The van der Waals surface area contributed by atoms with Gasteiger partial charge in [-0.25, -0.2) is 4.98 Å². The maximum Gasteiger partial charge on any atom is 0.113 e. The summed E-state index contributed by atoms with van der Waals surface area (Å²) in [5.74, 6) is 0. The highest BCUT2D eigenvalue weighted by molar-refractivity contribution is 9.11. The molecule has 2 aromatic rings. The van der Waals surface area contributed by atoms with Crippen LogP contribution in [0.1, 0.15) is 0 Å². The number of hydrogen-bond acceptors (Lipinski definition) is 1. The Morgan fingerprint density at radius 2 is 1.57 bits per heavy atom. The maximum absolute atomic E-state index is 4.19. The number of rotatable bonds is 1. The third-order valence-electron chi connectivity index (χ3n) is 1.92. The molecular weight excluding hydrogens is 306 g/mol. The van der Waals surface area contributed by atoms with Gasteiger partial charge in [0.1, 0.15) is 4.60 Å². The highest BCUT2D eigenvalue weighted by atomic mass is 79.9.